The molecule has 3 rings (SSSR count). The van der Waals surface area contributed by atoms with Crippen molar-refractivity contribution < 1.29 is 23.7 Å². The summed E-state index contributed by atoms with van der Waals surface area (Å²) in [6.45, 7) is 1.04. The Morgan fingerprint density at radius 2 is 1.48 bits per heavy atom. The number of nitrogens with zero attached hydrogens (tertiary/aromatic N) is 2. The molecular weight excluding hydrogens is 396 g/mol. The smallest absolute Gasteiger partial charge is 0.340 e. The molecule has 31 heavy (non-hydrogen) atoms. The molecule has 0 N–H and O–H groups in total. The van der Waals surface area contributed by atoms with E-state index < -0.39 is 5.97 Å². The predicted octanol–water partition coefficient (Wildman–Crippen LogP) is 4.10. The SMILES string of the molecule is COC(=O)c1cc(OC)nc(OC)c1N(Cc1ccccc1)Cc1ccc(OC)cc1. The molecule has 0 aliphatic carbocycles. The average molecular weight is 422 g/mol. The molecule has 0 spiro atoms. The Labute approximate surface area is 182 Å². The molecule has 162 valence electrons. The zero-order valence-electron chi connectivity index (χ0n) is 18.1. The second-order valence-corrected chi connectivity index (χ2v) is 6.75. The van der Waals surface area contributed by atoms with Crippen LogP contribution in [0.25, 0.3) is 0 Å². The topological polar surface area (TPSA) is 70.1 Å². The summed E-state index contributed by atoms with van der Waals surface area (Å²) in [6.07, 6.45) is 0. The summed E-state index contributed by atoms with van der Waals surface area (Å²) < 4.78 is 21.1. The molecule has 0 bridgehead atoms. The number of pyridine rings is 1. The monoisotopic (exact) mass is 422 g/mol. The third-order valence-corrected chi connectivity index (χ3v) is 4.81. The lowest BCUT2D eigenvalue weighted by Crippen LogP contribution is -2.25. The minimum Gasteiger partial charge on any atom is -0.497 e. The van der Waals surface area contributed by atoms with Gasteiger partial charge in [0.15, 0.2) is 0 Å². The Kier molecular flexibility index (Phi) is 7.32. The Morgan fingerprint density at radius 3 is 2.03 bits per heavy atom. The Balaban J connectivity index is 2.11. The molecule has 0 unspecified atom stereocenters. The maximum atomic E-state index is 12.7. The number of ether oxygens (including phenoxy) is 4. The zero-order valence-corrected chi connectivity index (χ0v) is 18.1. The van der Waals surface area contributed by atoms with E-state index in [1.165, 1.54) is 21.3 Å². The van der Waals surface area contributed by atoms with Crippen LogP contribution in [0.2, 0.25) is 0 Å². The summed E-state index contributed by atoms with van der Waals surface area (Å²) in [6, 6.07) is 19.3. The molecule has 0 aliphatic heterocycles. The molecule has 7 heteroatoms. The number of methoxy groups -OCH3 is 4. The van der Waals surface area contributed by atoms with E-state index in [4.69, 9.17) is 18.9 Å². The Morgan fingerprint density at radius 1 is 0.839 bits per heavy atom. The summed E-state index contributed by atoms with van der Waals surface area (Å²) in [7, 11) is 5.98. The number of aromatic nitrogens is 1. The van der Waals surface area contributed by atoms with Crippen molar-refractivity contribution in [3.05, 3.63) is 77.4 Å². The van der Waals surface area contributed by atoms with Crippen molar-refractivity contribution in [1.29, 1.82) is 0 Å². The highest BCUT2D eigenvalue weighted by atomic mass is 16.5. The van der Waals surface area contributed by atoms with Crippen molar-refractivity contribution in [3.63, 3.8) is 0 Å². The van der Waals surface area contributed by atoms with E-state index in [1.807, 2.05) is 59.5 Å². The summed E-state index contributed by atoms with van der Waals surface area (Å²) in [4.78, 5) is 19.1. The Hall–Kier alpha value is -3.74. The van der Waals surface area contributed by atoms with Crippen LogP contribution in [0.15, 0.2) is 60.7 Å². The molecule has 7 nitrogen and oxygen atoms in total. The number of hydrogen-bond donors (Lipinski definition) is 0. The molecule has 0 radical (unpaired) electrons. The van der Waals surface area contributed by atoms with Crippen molar-refractivity contribution in [2.24, 2.45) is 0 Å². The molecule has 1 heterocycles. The standard InChI is InChI=1S/C24H26N2O5/c1-28-19-12-10-18(11-13-19)16-26(15-17-8-6-5-7-9-17)22-20(24(27)31-4)14-21(29-2)25-23(22)30-3/h5-14H,15-16H2,1-4H3. The van der Waals surface area contributed by atoms with Gasteiger partial charge in [0.05, 0.1) is 34.0 Å². The molecule has 0 amide bonds. The minimum atomic E-state index is -0.498. The fraction of sp³-hybridized carbons (Fsp3) is 0.250. The largest absolute Gasteiger partial charge is 0.497 e. The van der Waals surface area contributed by atoms with Crippen LogP contribution >= 0.6 is 0 Å². The molecule has 0 saturated heterocycles. The molecule has 0 saturated carbocycles. The third kappa shape index (κ3) is 5.25. The summed E-state index contributed by atoms with van der Waals surface area (Å²) in [5, 5.41) is 0. The van der Waals surface area contributed by atoms with E-state index >= 15 is 0 Å². The van der Waals surface area contributed by atoms with Gasteiger partial charge in [-0.25, -0.2) is 4.79 Å². The first-order valence-electron chi connectivity index (χ1n) is 9.72. The quantitative estimate of drug-likeness (QED) is 0.481. The summed E-state index contributed by atoms with van der Waals surface area (Å²) >= 11 is 0. The van der Waals surface area contributed by atoms with Gasteiger partial charge in [-0.1, -0.05) is 42.5 Å². The highest BCUT2D eigenvalue weighted by molar-refractivity contribution is 5.97. The first-order valence-corrected chi connectivity index (χ1v) is 9.72. The van der Waals surface area contributed by atoms with Gasteiger partial charge in [0.1, 0.15) is 11.4 Å². The third-order valence-electron chi connectivity index (χ3n) is 4.81. The normalized spacial score (nSPS) is 10.3. The predicted molar refractivity (Wildman–Crippen MR) is 118 cm³/mol. The number of anilines is 1. The molecular formula is C24H26N2O5. The van der Waals surface area contributed by atoms with Gasteiger partial charge >= 0.3 is 5.97 Å². The van der Waals surface area contributed by atoms with Gasteiger partial charge in [-0.05, 0) is 23.3 Å². The second kappa shape index (κ2) is 10.3. The van der Waals surface area contributed by atoms with Crippen molar-refractivity contribution in [2.75, 3.05) is 33.3 Å². The fourth-order valence-corrected chi connectivity index (χ4v) is 3.28. The Bertz CT molecular complexity index is 1010. The van der Waals surface area contributed by atoms with Crippen LogP contribution < -0.4 is 19.1 Å². The van der Waals surface area contributed by atoms with Gasteiger partial charge in [0.25, 0.3) is 0 Å². The van der Waals surface area contributed by atoms with Gasteiger partial charge < -0.3 is 23.8 Å². The summed E-state index contributed by atoms with van der Waals surface area (Å²) in [5.74, 6) is 0.827. The van der Waals surface area contributed by atoms with E-state index in [9.17, 15) is 4.79 Å². The number of benzene rings is 2. The van der Waals surface area contributed by atoms with Crippen LogP contribution in [-0.4, -0.2) is 39.4 Å². The maximum Gasteiger partial charge on any atom is 0.340 e. The van der Waals surface area contributed by atoms with E-state index in [0.29, 0.717) is 24.3 Å². The van der Waals surface area contributed by atoms with Crippen molar-refractivity contribution in [2.45, 2.75) is 13.1 Å². The number of rotatable bonds is 9. The van der Waals surface area contributed by atoms with Crippen LogP contribution in [0.3, 0.4) is 0 Å². The first-order chi connectivity index (χ1) is 15.1. The van der Waals surface area contributed by atoms with E-state index in [-0.39, 0.29) is 11.8 Å². The lowest BCUT2D eigenvalue weighted by Gasteiger charge is -2.28. The average Bonchev–Trinajstić information content (AvgIpc) is 2.83. The van der Waals surface area contributed by atoms with Gasteiger partial charge in [-0.15, -0.1) is 0 Å². The molecule has 0 aliphatic rings. The van der Waals surface area contributed by atoms with E-state index in [0.717, 1.165) is 16.9 Å². The number of hydrogen-bond acceptors (Lipinski definition) is 7. The lowest BCUT2D eigenvalue weighted by molar-refractivity contribution is 0.0600. The molecule has 3 aromatic rings. The van der Waals surface area contributed by atoms with Crippen LogP contribution in [-0.2, 0) is 17.8 Å². The fourth-order valence-electron chi connectivity index (χ4n) is 3.28. The number of esters is 1. The molecule has 0 atom stereocenters. The van der Waals surface area contributed by atoms with Crippen molar-refractivity contribution >= 4 is 11.7 Å². The molecule has 2 aromatic carbocycles. The highest BCUT2D eigenvalue weighted by Crippen LogP contribution is 2.36. The highest BCUT2D eigenvalue weighted by Gasteiger charge is 2.25. The van der Waals surface area contributed by atoms with Crippen LogP contribution in [0.1, 0.15) is 21.5 Å². The van der Waals surface area contributed by atoms with Gasteiger partial charge in [-0.3, -0.25) is 0 Å². The number of carbonyl (C=O) groups excluding carboxylic acids is 1. The lowest BCUT2D eigenvalue weighted by atomic mass is 10.1. The second-order valence-electron chi connectivity index (χ2n) is 6.75. The molecule has 0 fully saturated rings. The van der Waals surface area contributed by atoms with Crippen LogP contribution in [0.4, 0.5) is 5.69 Å². The van der Waals surface area contributed by atoms with Crippen molar-refractivity contribution in [1.82, 2.24) is 4.98 Å². The zero-order chi connectivity index (χ0) is 22.2. The van der Waals surface area contributed by atoms with Crippen LogP contribution in [0.5, 0.6) is 17.5 Å². The maximum absolute atomic E-state index is 12.7. The van der Waals surface area contributed by atoms with Gasteiger partial charge in [-0.2, -0.15) is 4.98 Å². The van der Waals surface area contributed by atoms with Gasteiger partial charge in [0.2, 0.25) is 11.8 Å². The van der Waals surface area contributed by atoms with E-state index in [2.05, 4.69) is 4.98 Å². The number of carbonyl (C=O) groups is 1. The van der Waals surface area contributed by atoms with Gasteiger partial charge in [0, 0.05) is 19.2 Å². The summed E-state index contributed by atoms with van der Waals surface area (Å²) in [5.41, 5.74) is 2.96. The van der Waals surface area contributed by atoms with Crippen molar-refractivity contribution in [3.8, 4) is 17.5 Å². The first kappa shape index (κ1) is 22.0. The molecule has 1 aromatic heterocycles. The van der Waals surface area contributed by atoms with E-state index in [1.54, 1.807) is 13.2 Å². The van der Waals surface area contributed by atoms with Crippen LogP contribution in [0, 0.1) is 0 Å². The minimum absolute atomic E-state index is 0.269.